The van der Waals surface area contributed by atoms with E-state index in [4.69, 9.17) is 5.73 Å². The summed E-state index contributed by atoms with van der Waals surface area (Å²) in [4.78, 5) is 0. The summed E-state index contributed by atoms with van der Waals surface area (Å²) >= 11 is 0. The van der Waals surface area contributed by atoms with Crippen LogP contribution in [0.1, 0.15) is 6.92 Å². The minimum absolute atomic E-state index is 0.0265. The van der Waals surface area contributed by atoms with Gasteiger partial charge in [-0.1, -0.05) is 6.92 Å². The van der Waals surface area contributed by atoms with Gasteiger partial charge in [0.1, 0.15) is 5.82 Å². The van der Waals surface area contributed by atoms with E-state index in [-0.39, 0.29) is 17.9 Å². The minimum Gasteiger partial charge on any atom is -0.396 e. The molecule has 0 aliphatic heterocycles. The van der Waals surface area contributed by atoms with E-state index in [1.807, 2.05) is 0 Å². The van der Waals surface area contributed by atoms with E-state index >= 15 is 0 Å². The first kappa shape index (κ1) is 11.7. The molecule has 0 unspecified atom stereocenters. The maximum absolute atomic E-state index is 13.0. The van der Waals surface area contributed by atoms with Gasteiger partial charge in [0, 0.05) is 12.6 Å². The highest BCUT2D eigenvalue weighted by Gasteiger charge is 2.08. The van der Waals surface area contributed by atoms with Gasteiger partial charge < -0.3 is 5.73 Å². The SMILES string of the molecule is CCNS(=O)(=O)Nc1ccc(N)c(F)c1. The molecule has 1 rings (SSSR count). The molecule has 0 saturated heterocycles. The summed E-state index contributed by atoms with van der Waals surface area (Å²) in [7, 11) is -3.62. The molecule has 7 heteroatoms. The molecule has 0 amide bonds. The summed E-state index contributed by atoms with van der Waals surface area (Å²) in [5.74, 6) is -0.660. The number of nitrogens with one attached hydrogen (secondary N) is 2. The van der Waals surface area contributed by atoms with Gasteiger partial charge >= 0.3 is 0 Å². The van der Waals surface area contributed by atoms with Crippen LogP contribution in [0.15, 0.2) is 18.2 Å². The van der Waals surface area contributed by atoms with Crippen molar-refractivity contribution >= 4 is 21.6 Å². The predicted octanol–water partition coefficient (Wildman–Crippen LogP) is 0.674. The van der Waals surface area contributed by atoms with E-state index in [1.165, 1.54) is 12.1 Å². The van der Waals surface area contributed by atoms with Gasteiger partial charge in [-0.05, 0) is 12.1 Å². The summed E-state index contributed by atoms with van der Waals surface area (Å²) in [6.45, 7) is 1.90. The van der Waals surface area contributed by atoms with Crippen LogP contribution in [0, 0.1) is 5.82 Å². The molecule has 1 aromatic carbocycles. The molecule has 0 aromatic heterocycles. The molecule has 0 aliphatic rings. The smallest absolute Gasteiger partial charge is 0.299 e. The second-order valence-electron chi connectivity index (χ2n) is 2.84. The number of halogens is 1. The maximum Gasteiger partial charge on any atom is 0.299 e. The Labute approximate surface area is 87.7 Å². The monoisotopic (exact) mass is 233 g/mol. The van der Waals surface area contributed by atoms with Crippen molar-refractivity contribution < 1.29 is 12.8 Å². The molecule has 84 valence electrons. The van der Waals surface area contributed by atoms with Crippen LogP contribution >= 0.6 is 0 Å². The van der Waals surface area contributed by atoms with E-state index in [2.05, 4.69) is 9.44 Å². The first-order valence-corrected chi connectivity index (χ1v) is 5.75. The molecule has 0 atom stereocenters. The van der Waals surface area contributed by atoms with Crippen molar-refractivity contribution in [1.82, 2.24) is 4.72 Å². The van der Waals surface area contributed by atoms with Crippen LogP contribution in [-0.2, 0) is 10.2 Å². The highest BCUT2D eigenvalue weighted by molar-refractivity contribution is 7.90. The molecule has 0 heterocycles. The molecule has 4 N–H and O–H groups in total. The molecule has 0 bridgehead atoms. The Hall–Kier alpha value is -1.34. The largest absolute Gasteiger partial charge is 0.396 e. The van der Waals surface area contributed by atoms with Crippen LogP contribution < -0.4 is 15.2 Å². The maximum atomic E-state index is 13.0. The summed E-state index contributed by atoms with van der Waals surface area (Å²) < 4.78 is 39.8. The highest BCUT2D eigenvalue weighted by atomic mass is 32.2. The second-order valence-corrected chi connectivity index (χ2v) is 4.34. The van der Waals surface area contributed by atoms with E-state index in [9.17, 15) is 12.8 Å². The van der Waals surface area contributed by atoms with Crippen LogP contribution in [-0.4, -0.2) is 15.0 Å². The van der Waals surface area contributed by atoms with E-state index in [0.29, 0.717) is 0 Å². The summed E-state index contributed by atoms with van der Waals surface area (Å²) in [5.41, 5.74) is 5.34. The van der Waals surface area contributed by atoms with Gasteiger partial charge in [0.15, 0.2) is 0 Å². The Morgan fingerprint density at radius 2 is 2.13 bits per heavy atom. The quantitative estimate of drug-likeness (QED) is 0.668. The second kappa shape index (κ2) is 4.45. The molecule has 5 nitrogen and oxygen atoms in total. The van der Waals surface area contributed by atoms with E-state index in [0.717, 1.165) is 6.07 Å². The normalized spacial score (nSPS) is 11.3. The number of benzene rings is 1. The average molecular weight is 233 g/mol. The zero-order valence-corrected chi connectivity index (χ0v) is 8.94. The van der Waals surface area contributed by atoms with Crippen LogP contribution in [0.4, 0.5) is 15.8 Å². The van der Waals surface area contributed by atoms with Gasteiger partial charge in [-0.2, -0.15) is 13.1 Å². The summed E-state index contributed by atoms with van der Waals surface area (Å²) in [6, 6.07) is 3.69. The third kappa shape index (κ3) is 3.37. The predicted molar refractivity (Wildman–Crippen MR) is 57.0 cm³/mol. The number of hydrogen-bond acceptors (Lipinski definition) is 3. The molecule has 0 radical (unpaired) electrons. The lowest BCUT2D eigenvalue weighted by atomic mass is 10.3. The fraction of sp³-hybridized carbons (Fsp3) is 0.250. The van der Waals surface area contributed by atoms with Crippen molar-refractivity contribution in [3.05, 3.63) is 24.0 Å². The topological polar surface area (TPSA) is 84.2 Å². The van der Waals surface area contributed by atoms with E-state index in [1.54, 1.807) is 6.92 Å². The Bertz CT molecular complexity index is 447. The average Bonchev–Trinajstić information content (AvgIpc) is 2.10. The lowest BCUT2D eigenvalue weighted by molar-refractivity contribution is 0.589. The van der Waals surface area contributed by atoms with Crippen molar-refractivity contribution in [3.8, 4) is 0 Å². The third-order valence-electron chi connectivity index (χ3n) is 1.59. The van der Waals surface area contributed by atoms with Gasteiger partial charge in [0.2, 0.25) is 0 Å². The van der Waals surface area contributed by atoms with Crippen LogP contribution in [0.5, 0.6) is 0 Å². The number of rotatable bonds is 4. The van der Waals surface area contributed by atoms with E-state index < -0.39 is 16.0 Å². The Morgan fingerprint density at radius 3 is 2.67 bits per heavy atom. The van der Waals surface area contributed by atoms with Crippen LogP contribution in [0.2, 0.25) is 0 Å². The molecule has 0 aliphatic carbocycles. The number of nitrogens with two attached hydrogens (primary N) is 1. The lowest BCUT2D eigenvalue weighted by Crippen LogP contribution is -2.29. The number of hydrogen-bond donors (Lipinski definition) is 3. The number of anilines is 2. The van der Waals surface area contributed by atoms with Crippen LogP contribution in [0.3, 0.4) is 0 Å². The van der Waals surface area contributed by atoms with Gasteiger partial charge in [0.05, 0.1) is 11.4 Å². The fourth-order valence-corrected chi connectivity index (χ4v) is 1.86. The van der Waals surface area contributed by atoms with Gasteiger partial charge in [-0.3, -0.25) is 4.72 Å². The molecule has 0 saturated carbocycles. The van der Waals surface area contributed by atoms with Crippen molar-refractivity contribution in [3.63, 3.8) is 0 Å². The standard InChI is InChI=1S/C8H12FN3O2S/c1-2-11-15(13,14)12-6-3-4-8(10)7(9)5-6/h3-5,11-12H,2,10H2,1H3. The summed E-state index contributed by atoms with van der Waals surface area (Å²) in [6.07, 6.45) is 0. The van der Waals surface area contributed by atoms with Crippen molar-refractivity contribution in [2.45, 2.75) is 6.92 Å². The molecule has 0 fully saturated rings. The fourth-order valence-electron chi connectivity index (χ4n) is 0.972. The van der Waals surface area contributed by atoms with Crippen LogP contribution in [0.25, 0.3) is 0 Å². The third-order valence-corrected chi connectivity index (χ3v) is 2.76. The first-order valence-electron chi connectivity index (χ1n) is 4.27. The molecule has 0 spiro atoms. The van der Waals surface area contributed by atoms with Crippen molar-refractivity contribution in [2.75, 3.05) is 17.0 Å². The Morgan fingerprint density at radius 1 is 1.47 bits per heavy atom. The first-order chi connectivity index (χ1) is 6.94. The summed E-state index contributed by atoms with van der Waals surface area (Å²) in [5, 5.41) is 0. The lowest BCUT2D eigenvalue weighted by Gasteiger charge is -2.08. The van der Waals surface area contributed by atoms with Gasteiger partial charge in [-0.15, -0.1) is 0 Å². The zero-order valence-electron chi connectivity index (χ0n) is 8.12. The Kier molecular flexibility index (Phi) is 3.48. The molecular weight excluding hydrogens is 221 g/mol. The van der Waals surface area contributed by atoms with Crippen molar-refractivity contribution in [2.24, 2.45) is 0 Å². The molecular formula is C8H12FN3O2S. The van der Waals surface area contributed by atoms with Gasteiger partial charge in [0.25, 0.3) is 10.2 Å². The minimum atomic E-state index is -3.62. The molecule has 15 heavy (non-hydrogen) atoms. The zero-order chi connectivity index (χ0) is 11.5. The number of nitrogen functional groups attached to an aromatic ring is 1. The highest BCUT2D eigenvalue weighted by Crippen LogP contribution is 2.16. The van der Waals surface area contributed by atoms with Crippen molar-refractivity contribution in [1.29, 1.82) is 0 Å². The Balaban J connectivity index is 2.86. The molecule has 1 aromatic rings. The van der Waals surface area contributed by atoms with Gasteiger partial charge in [-0.25, -0.2) is 4.39 Å².